The minimum absolute atomic E-state index is 0.0409. The van der Waals surface area contributed by atoms with Gasteiger partial charge in [-0.15, -0.1) is 11.3 Å². The molecule has 8 nitrogen and oxygen atoms in total. The van der Waals surface area contributed by atoms with E-state index in [9.17, 15) is 4.79 Å². The molecule has 142 valence electrons. The maximum Gasteiger partial charge on any atom is 0.226 e. The molecule has 1 aliphatic heterocycles. The molecule has 0 spiro atoms. The maximum absolute atomic E-state index is 12.1. The van der Waals surface area contributed by atoms with Gasteiger partial charge in [0.05, 0.1) is 18.9 Å². The number of thiazole rings is 1. The Labute approximate surface area is 156 Å². The van der Waals surface area contributed by atoms with Gasteiger partial charge in [-0.05, 0) is 6.42 Å². The van der Waals surface area contributed by atoms with Crippen LogP contribution in [-0.4, -0.2) is 52.2 Å². The van der Waals surface area contributed by atoms with E-state index in [1.165, 1.54) is 11.3 Å². The van der Waals surface area contributed by atoms with Crippen LogP contribution in [0.15, 0.2) is 9.90 Å². The van der Waals surface area contributed by atoms with Crippen molar-refractivity contribution in [3.05, 3.63) is 22.8 Å². The van der Waals surface area contributed by atoms with Gasteiger partial charge in [0.2, 0.25) is 11.8 Å². The number of carbonyl (C=O) groups excluding carboxylic acids is 1. The fourth-order valence-corrected chi connectivity index (χ4v) is 3.33. The molecular formula is C17H25N5O3S. The Morgan fingerprint density at radius 1 is 1.35 bits per heavy atom. The van der Waals surface area contributed by atoms with Crippen molar-refractivity contribution in [2.75, 3.05) is 31.6 Å². The van der Waals surface area contributed by atoms with Crippen LogP contribution in [0.2, 0.25) is 0 Å². The smallest absolute Gasteiger partial charge is 0.226 e. The second kappa shape index (κ2) is 9.20. The highest BCUT2D eigenvalue weighted by atomic mass is 32.1. The van der Waals surface area contributed by atoms with Crippen LogP contribution >= 0.6 is 11.3 Å². The normalized spacial score (nSPS) is 15.5. The third-order valence-corrected chi connectivity index (χ3v) is 4.89. The Bertz CT molecular complexity index is 709. The van der Waals surface area contributed by atoms with Crippen LogP contribution in [0.5, 0.6) is 0 Å². The second-order valence-corrected chi connectivity index (χ2v) is 7.49. The Balaban J connectivity index is 1.39. The van der Waals surface area contributed by atoms with Crippen molar-refractivity contribution in [3.8, 4) is 0 Å². The van der Waals surface area contributed by atoms with Gasteiger partial charge in [-0.2, -0.15) is 4.98 Å². The number of carbonyl (C=O) groups is 1. The summed E-state index contributed by atoms with van der Waals surface area (Å²) in [6, 6.07) is 0. The first-order valence-corrected chi connectivity index (χ1v) is 9.85. The number of hydrogen-bond acceptors (Lipinski definition) is 8. The lowest BCUT2D eigenvalue weighted by molar-refractivity contribution is -0.116. The highest BCUT2D eigenvalue weighted by Crippen LogP contribution is 2.18. The highest BCUT2D eigenvalue weighted by molar-refractivity contribution is 7.13. The van der Waals surface area contributed by atoms with E-state index in [4.69, 9.17) is 9.26 Å². The molecule has 1 saturated heterocycles. The number of aromatic nitrogens is 3. The summed E-state index contributed by atoms with van der Waals surface area (Å²) >= 11 is 1.46. The van der Waals surface area contributed by atoms with E-state index >= 15 is 0 Å². The Kier molecular flexibility index (Phi) is 6.70. The Morgan fingerprint density at radius 3 is 2.88 bits per heavy atom. The average molecular weight is 379 g/mol. The van der Waals surface area contributed by atoms with E-state index in [-0.39, 0.29) is 11.8 Å². The fourth-order valence-electron chi connectivity index (χ4n) is 2.61. The molecule has 2 aromatic heterocycles. The first-order chi connectivity index (χ1) is 12.6. The standard InChI is InChI=1S/C17H25N5O3S/c1-12(2)16-20-15(25-21-16)5-3-4-14(23)19-17-18-13(11-26-17)10-22-6-8-24-9-7-22/h11-12H,3-10H2,1-2H3,(H,18,19,23). The zero-order valence-electron chi connectivity index (χ0n) is 15.2. The largest absolute Gasteiger partial charge is 0.379 e. The van der Waals surface area contributed by atoms with Crippen molar-refractivity contribution in [2.45, 2.75) is 45.6 Å². The summed E-state index contributed by atoms with van der Waals surface area (Å²) in [4.78, 5) is 23.2. The highest BCUT2D eigenvalue weighted by Gasteiger charge is 2.14. The van der Waals surface area contributed by atoms with Gasteiger partial charge in [-0.1, -0.05) is 19.0 Å². The summed E-state index contributed by atoms with van der Waals surface area (Å²) in [5, 5.41) is 9.44. The Morgan fingerprint density at radius 2 is 2.15 bits per heavy atom. The maximum atomic E-state index is 12.1. The molecule has 1 fully saturated rings. The zero-order chi connectivity index (χ0) is 18.4. The number of nitrogens with one attached hydrogen (secondary N) is 1. The Hall–Kier alpha value is -1.84. The lowest BCUT2D eigenvalue weighted by Crippen LogP contribution is -2.35. The van der Waals surface area contributed by atoms with Crippen molar-refractivity contribution >= 4 is 22.4 Å². The molecule has 26 heavy (non-hydrogen) atoms. The van der Waals surface area contributed by atoms with E-state index < -0.39 is 0 Å². The number of anilines is 1. The van der Waals surface area contributed by atoms with Crippen molar-refractivity contribution in [3.63, 3.8) is 0 Å². The molecule has 0 aliphatic carbocycles. The van der Waals surface area contributed by atoms with Crippen molar-refractivity contribution in [1.82, 2.24) is 20.0 Å². The molecule has 0 atom stereocenters. The minimum atomic E-state index is -0.0409. The van der Waals surface area contributed by atoms with Gasteiger partial charge in [0.25, 0.3) is 0 Å². The predicted octanol–water partition coefficient (Wildman–Crippen LogP) is 2.44. The van der Waals surface area contributed by atoms with Gasteiger partial charge in [0, 0.05) is 43.8 Å². The third kappa shape index (κ3) is 5.58. The van der Waals surface area contributed by atoms with Crippen LogP contribution < -0.4 is 5.32 Å². The van der Waals surface area contributed by atoms with E-state index in [0.29, 0.717) is 36.1 Å². The van der Waals surface area contributed by atoms with E-state index in [1.807, 2.05) is 19.2 Å². The van der Waals surface area contributed by atoms with Crippen LogP contribution in [0, 0.1) is 0 Å². The van der Waals surface area contributed by atoms with Crippen LogP contribution in [0.3, 0.4) is 0 Å². The molecule has 1 amide bonds. The molecule has 9 heteroatoms. The van der Waals surface area contributed by atoms with Gasteiger partial charge in [0.1, 0.15) is 0 Å². The van der Waals surface area contributed by atoms with Gasteiger partial charge < -0.3 is 14.6 Å². The molecule has 0 radical (unpaired) electrons. The van der Waals surface area contributed by atoms with Crippen LogP contribution in [0.25, 0.3) is 0 Å². The molecule has 0 aromatic carbocycles. The number of aryl methyl sites for hydroxylation is 1. The second-order valence-electron chi connectivity index (χ2n) is 6.64. The zero-order valence-corrected chi connectivity index (χ0v) is 16.0. The number of morpholine rings is 1. The molecule has 3 heterocycles. The molecule has 1 N–H and O–H groups in total. The van der Waals surface area contributed by atoms with Crippen LogP contribution in [0.4, 0.5) is 5.13 Å². The van der Waals surface area contributed by atoms with Crippen LogP contribution in [0.1, 0.15) is 50.0 Å². The van der Waals surface area contributed by atoms with Gasteiger partial charge in [-0.3, -0.25) is 9.69 Å². The minimum Gasteiger partial charge on any atom is -0.379 e. The number of amides is 1. The van der Waals surface area contributed by atoms with Crippen molar-refractivity contribution in [1.29, 1.82) is 0 Å². The summed E-state index contributed by atoms with van der Waals surface area (Å²) in [6.45, 7) is 8.22. The molecular weight excluding hydrogens is 354 g/mol. The number of hydrogen-bond donors (Lipinski definition) is 1. The first kappa shape index (κ1) is 18.9. The van der Waals surface area contributed by atoms with Gasteiger partial charge in [0.15, 0.2) is 11.0 Å². The number of ether oxygens (including phenoxy) is 1. The molecule has 3 rings (SSSR count). The topological polar surface area (TPSA) is 93.4 Å². The van der Waals surface area contributed by atoms with Gasteiger partial charge in [-0.25, -0.2) is 4.98 Å². The van der Waals surface area contributed by atoms with Crippen LogP contribution in [-0.2, 0) is 22.5 Å². The predicted molar refractivity (Wildman–Crippen MR) is 98.2 cm³/mol. The third-order valence-electron chi connectivity index (χ3n) is 4.08. The number of nitrogens with zero attached hydrogens (tertiary/aromatic N) is 4. The quantitative estimate of drug-likeness (QED) is 0.753. The average Bonchev–Trinajstić information content (AvgIpc) is 3.26. The summed E-state index contributed by atoms with van der Waals surface area (Å²) in [5.41, 5.74) is 0.985. The molecule has 0 bridgehead atoms. The SMILES string of the molecule is CC(C)c1noc(CCCC(=O)Nc2nc(CN3CCOCC3)cs2)n1. The monoisotopic (exact) mass is 379 g/mol. The number of rotatable bonds is 8. The van der Waals surface area contributed by atoms with E-state index in [0.717, 1.165) is 38.5 Å². The van der Waals surface area contributed by atoms with Gasteiger partial charge >= 0.3 is 0 Å². The lowest BCUT2D eigenvalue weighted by atomic mass is 10.2. The molecule has 2 aromatic rings. The van der Waals surface area contributed by atoms with Crippen molar-refractivity contribution in [2.24, 2.45) is 0 Å². The summed E-state index contributed by atoms with van der Waals surface area (Å²) in [6.07, 6.45) is 1.67. The molecule has 1 aliphatic rings. The summed E-state index contributed by atoms with van der Waals surface area (Å²) < 4.78 is 10.5. The molecule has 0 unspecified atom stereocenters. The van der Waals surface area contributed by atoms with E-state index in [2.05, 4.69) is 25.3 Å². The van der Waals surface area contributed by atoms with E-state index in [1.54, 1.807) is 0 Å². The summed E-state index contributed by atoms with van der Waals surface area (Å²) in [7, 11) is 0. The van der Waals surface area contributed by atoms with Crippen molar-refractivity contribution < 1.29 is 14.1 Å². The lowest BCUT2D eigenvalue weighted by Gasteiger charge is -2.25. The molecule has 0 saturated carbocycles. The first-order valence-electron chi connectivity index (χ1n) is 8.97. The fraction of sp³-hybridized carbons (Fsp3) is 0.647. The summed E-state index contributed by atoms with van der Waals surface area (Å²) in [5.74, 6) is 1.50.